The molecule has 14 heteroatoms. The molecule has 4 aliphatic rings. The average Bonchev–Trinajstić information content (AvgIpc) is 3.01. The van der Waals surface area contributed by atoms with E-state index in [0.29, 0.717) is 30.9 Å². The summed E-state index contributed by atoms with van der Waals surface area (Å²) < 4.78 is 5.20. The van der Waals surface area contributed by atoms with Crippen LogP contribution in [0.15, 0.2) is 53.0 Å². The molecule has 260 valence electrons. The quantitative estimate of drug-likeness (QED) is 0.173. The number of likely N-dealkylation sites (N-methyl/N-ethyl adjacent to an activating group) is 1. The lowest BCUT2D eigenvalue weighted by molar-refractivity contribution is -0.148. The maximum Gasteiger partial charge on any atom is 0.255 e. The third-order valence-corrected chi connectivity index (χ3v) is 10.3. The number of ether oxygens (including phenoxy) is 1. The number of hydrogen-bond acceptors (Lipinski definition) is 12. The van der Waals surface area contributed by atoms with E-state index >= 15 is 0 Å². The summed E-state index contributed by atoms with van der Waals surface area (Å²) in [7, 11) is 8.26. The highest BCUT2D eigenvalue weighted by Crippen LogP contribution is 2.54. The lowest BCUT2D eigenvalue weighted by Crippen LogP contribution is -2.63. The SMILES string of the molecule is COc1ccc(CN2CC(C(=O)Nc3cc(N(C)C)c4c(c3O)C(=O)C3=C(O)[C@]5(O)C(=O)C(C(N)=O)=C(O)[C@@H](N(C)C)[C@@H]5C[C@@H]3C4)C2)cc1. The summed E-state index contributed by atoms with van der Waals surface area (Å²) in [5.74, 6) is -7.27. The number of rotatable bonds is 8. The Morgan fingerprint density at radius 1 is 1.08 bits per heavy atom. The van der Waals surface area contributed by atoms with Crippen molar-refractivity contribution in [3.05, 3.63) is 69.7 Å². The number of likely N-dealkylation sites (tertiary alicyclic amines) is 1. The van der Waals surface area contributed by atoms with Crippen LogP contribution in [0.1, 0.15) is 27.9 Å². The minimum Gasteiger partial charge on any atom is -0.510 e. The molecule has 0 saturated carbocycles. The number of nitrogens with zero attached hydrogens (tertiary/aromatic N) is 3. The minimum absolute atomic E-state index is 0.00521. The van der Waals surface area contributed by atoms with Gasteiger partial charge in [0.15, 0.2) is 17.1 Å². The number of phenolic OH excluding ortho intramolecular Hbond substituents is 1. The zero-order chi connectivity index (χ0) is 35.7. The Morgan fingerprint density at radius 3 is 2.31 bits per heavy atom. The molecule has 0 aromatic heterocycles. The van der Waals surface area contributed by atoms with Crippen LogP contribution in [0.5, 0.6) is 11.5 Å². The van der Waals surface area contributed by atoms with Crippen LogP contribution in [0.4, 0.5) is 11.4 Å². The molecule has 7 N–H and O–H groups in total. The Hall–Kier alpha value is -4.92. The highest BCUT2D eigenvalue weighted by atomic mass is 16.5. The van der Waals surface area contributed by atoms with Gasteiger partial charge in [0.05, 0.1) is 30.3 Å². The second-order valence-electron chi connectivity index (χ2n) is 13.7. The van der Waals surface area contributed by atoms with E-state index in [2.05, 4.69) is 10.2 Å². The molecule has 1 fully saturated rings. The number of Topliss-reactive ketones (excluding diaryl/α,β-unsaturated/α-hetero) is 2. The first kappa shape index (κ1) is 34.0. The normalized spacial score (nSPS) is 25.4. The van der Waals surface area contributed by atoms with Gasteiger partial charge < -0.3 is 41.1 Å². The molecule has 0 spiro atoms. The van der Waals surface area contributed by atoms with Crippen molar-refractivity contribution in [2.24, 2.45) is 23.5 Å². The fraction of sp³-hybridized carbons (Fsp3) is 0.429. The molecule has 4 atom stereocenters. The van der Waals surface area contributed by atoms with Crippen LogP contribution in [-0.2, 0) is 27.3 Å². The number of nitrogens with two attached hydrogens (primary N) is 1. The Kier molecular flexibility index (Phi) is 8.45. The number of ketones is 2. The summed E-state index contributed by atoms with van der Waals surface area (Å²) in [6, 6.07) is 8.19. The van der Waals surface area contributed by atoms with Crippen molar-refractivity contribution in [3.8, 4) is 11.5 Å². The highest BCUT2D eigenvalue weighted by Gasteiger charge is 2.63. The van der Waals surface area contributed by atoms with E-state index in [-0.39, 0.29) is 41.5 Å². The number of amides is 2. The van der Waals surface area contributed by atoms with E-state index in [9.17, 15) is 39.6 Å². The van der Waals surface area contributed by atoms with E-state index in [1.54, 1.807) is 46.3 Å². The second kappa shape index (κ2) is 12.2. The zero-order valence-electron chi connectivity index (χ0n) is 28.0. The van der Waals surface area contributed by atoms with Crippen molar-refractivity contribution < 1.29 is 44.3 Å². The largest absolute Gasteiger partial charge is 0.510 e. The number of fused-ring (bicyclic) bond motifs is 3. The number of carbonyl (C=O) groups excluding carboxylic acids is 4. The first-order valence-corrected chi connectivity index (χ1v) is 16.0. The highest BCUT2D eigenvalue weighted by molar-refractivity contribution is 6.25. The van der Waals surface area contributed by atoms with Crippen molar-refractivity contribution >= 4 is 34.8 Å². The van der Waals surface area contributed by atoms with Crippen LogP contribution < -0.4 is 20.7 Å². The second-order valence-corrected chi connectivity index (χ2v) is 13.7. The van der Waals surface area contributed by atoms with E-state index in [4.69, 9.17) is 10.5 Å². The molecule has 2 aromatic rings. The number of aromatic hydroxyl groups is 1. The first-order valence-electron chi connectivity index (χ1n) is 16.0. The van der Waals surface area contributed by atoms with Gasteiger partial charge in [0.1, 0.15) is 22.8 Å². The predicted molar refractivity (Wildman–Crippen MR) is 178 cm³/mol. The monoisotopic (exact) mass is 675 g/mol. The number of aliphatic hydroxyl groups excluding tert-OH is 2. The van der Waals surface area contributed by atoms with Crippen LogP contribution in [0.2, 0.25) is 0 Å². The number of carbonyl (C=O) groups is 4. The van der Waals surface area contributed by atoms with Crippen molar-refractivity contribution in [2.75, 3.05) is 58.6 Å². The van der Waals surface area contributed by atoms with Crippen molar-refractivity contribution in [3.63, 3.8) is 0 Å². The van der Waals surface area contributed by atoms with Crippen molar-refractivity contribution in [1.29, 1.82) is 0 Å². The van der Waals surface area contributed by atoms with Gasteiger partial charge in [-0.3, -0.25) is 29.0 Å². The molecular weight excluding hydrogens is 634 g/mol. The van der Waals surface area contributed by atoms with Crippen molar-refractivity contribution in [2.45, 2.75) is 31.0 Å². The molecule has 1 aliphatic heterocycles. The summed E-state index contributed by atoms with van der Waals surface area (Å²) in [6.45, 7) is 1.63. The number of primary amides is 1. The number of hydrogen-bond donors (Lipinski definition) is 6. The molecule has 2 amide bonds. The summed E-state index contributed by atoms with van der Waals surface area (Å²) in [5.41, 5.74) is 3.47. The van der Waals surface area contributed by atoms with Crippen LogP contribution in [0, 0.1) is 17.8 Å². The number of allylic oxidation sites excluding steroid dienone is 1. The molecule has 1 heterocycles. The molecule has 0 radical (unpaired) electrons. The molecule has 6 rings (SSSR count). The maximum absolute atomic E-state index is 14.3. The topological polar surface area (TPSA) is 206 Å². The van der Waals surface area contributed by atoms with E-state index in [0.717, 1.165) is 11.3 Å². The fourth-order valence-electron chi connectivity index (χ4n) is 7.88. The van der Waals surface area contributed by atoms with E-state index in [1.807, 2.05) is 24.3 Å². The Labute approximate surface area is 283 Å². The fourth-order valence-corrected chi connectivity index (χ4v) is 7.88. The lowest BCUT2D eigenvalue weighted by atomic mass is 9.58. The van der Waals surface area contributed by atoms with Gasteiger partial charge in [-0.05, 0) is 62.2 Å². The first-order chi connectivity index (χ1) is 23.1. The van der Waals surface area contributed by atoms with Gasteiger partial charge >= 0.3 is 0 Å². The molecule has 0 bridgehead atoms. The van der Waals surface area contributed by atoms with Crippen LogP contribution in [-0.4, -0.2) is 114 Å². The van der Waals surface area contributed by atoms with Gasteiger partial charge in [0, 0.05) is 50.9 Å². The standard InChI is InChI=1S/C35H41N5O9/c1-38(2)23-12-22(37-34(47)18-14-40(15-18)13-16-6-8-19(49-5)9-7-16)28(41)25-20(23)10-17-11-21-27(39(3)4)30(43)26(33(36)46)32(45)35(21,48)31(44)24(17)29(25)42/h6-9,12,17-18,21,27,41,43-44,48H,10-11,13-15H2,1-5H3,(H2,36,46)(H,37,47)/t17-,21-,27-,35-/m0/s1. The van der Waals surface area contributed by atoms with Gasteiger partial charge in [-0.15, -0.1) is 0 Å². The molecular formula is C35H41N5O9. The van der Waals surface area contributed by atoms with Gasteiger partial charge in [-0.25, -0.2) is 0 Å². The number of anilines is 2. The lowest BCUT2D eigenvalue weighted by Gasteiger charge is -2.50. The summed E-state index contributed by atoms with van der Waals surface area (Å²) in [6.07, 6.45) is 0.110. The average molecular weight is 676 g/mol. The Balaban J connectivity index is 1.31. The summed E-state index contributed by atoms with van der Waals surface area (Å²) in [5, 5.41) is 48.7. The maximum atomic E-state index is 14.3. The summed E-state index contributed by atoms with van der Waals surface area (Å²) >= 11 is 0. The van der Waals surface area contributed by atoms with Gasteiger partial charge in [0.25, 0.3) is 5.91 Å². The smallest absolute Gasteiger partial charge is 0.255 e. The molecule has 0 unspecified atom stereocenters. The molecule has 14 nitrogen and oxygen atoms in total. The van der Waals surface area contributed by atoms with Crippen LogP contribution in [0.25, 0.3) is 0 Å². The number of nitrogens with one attached hydrogen (secondary N) is 1. The van der Waals surface area contributed by atoms with Crippen molar-refractivity contribution in [1.82, 2.24) is 9.80 Å². The van der Waals surface area contributed by atoms with Crippen LogP contribution >= 0.6 is 0 Å². The van der Waals surface area contributed by atoms with Gasteiger partial charge in [0.2, 0.25) is 11.7 Å². The summed E-state index contributed by atoms with van der Waals surface area (Å²) in [4.78, 5) is 58.8. The molecule has 2 aromatic carbocycles. The molecule has 3 aliphatic carbocycles. The van der Waals surface area contributed by atoms with Gasteiger partial charge in [-0.1, -0.05) is 12.1 Å². The van der Waals surface area contributed by atoms with Crippen LogP contribution in [0.3, 0.4) is 0 Å². The number of aliphatic hydroxyl groups is 3. The Bertz CT molecular complexity index is 1830. The third-order valence-electron chi connectivity index (χ3n) is 10.3. The van der Waals surface area contributed by atoms with Gasteiger partial charge in [-0.2, -0.15) is 0 Å². The zero-order valence-corrected chi connectivity index (χ0v) is 28.0. The van der Waals surface area contributed by atoms with E-state index < -0.39 is 63.8 Å². The number of benzene rings is 2. The Morgan fingerprint density at radius 2 is 1.73 bits per heavy atom. The molecule has 1 saturated heterocycles. The number of methoxy groups -OCH3 is 1. The predicted octanol–water partition coefficient (Wildman–Crippen LogP) is 1.27. The minimum atomic E-state index is -2.74. The number of phenols is 1. The third kappa shape index (κ3) is 5.30. The molecule has 49 heavy (non-hydrogen) atoms. The van der Waals surface area contributed by atoms with E-state index in [1.165, 1.54) is 4.90 Å².